The monoisotopic (exact) mass is 264 g/mol. The molecule has 0 bridgehead atoms. The van der Waals surface area contributed by atoms with Gasteiger partial charge in [0.05, 0.1) is 11.8 Å². The zero-order valence-corrected chi connectivity index (χ0v) is 11.4. The van der Waals surface area contributed by atoms with E-state index in [9.17, 15) is 14.7 Å². The van der Waals surface area contributed by atoms with Crippen molar-refractivity contribution in [3.8, 4) is 0 Å². The summed E-state index contributed by atoms with van der Waals surface area (Å²) < 4.78 is 6.75. The Bertz CT molecular complexity index is 473. The lowest BCUT2D eigenvalue weighted by atomic mass is 9.80. The largest absolute Gasteiger partial charge is 0.481 e. The summed E-state index contributed by atoms with van der Waals surface area (Å²) >= 11 is 0. The molecule has 0 aliphatic heterocycles. The molecule has 1 aromatic carbocycles. The number of primary amides is 1. The average Bonchev–Trinajstić information content (AvgIpc) is 2.41. The number of rotatable bonds is 7. The predicted molar refractivity (Wildman–Crippen MR) is 73.7 cm³/mol. The van der Waals surface area contributed by atoms with Gasteiger partial charge in [-0.2, -0.15) is 0 Å². The van der Waals surface area contributed by atoms with E-state index in [1.54, 1.807) is 19.1 Å². The van der Waals surface area contributed by atoms with Gasteiger partial charge < -0.3 is 10.8 Å². The summed E-state index contributed by atoms with van der Waals surface area (Å²) in [7, 11) is 0. The fourth-order valence-corrected chi connectivity index (χ4v) is 2.23. The Morgan fingerprint density at radius 1 is 1.32 bits per heavy atom. The summed E-state index contributed by atoms with van der Waals surface area (Å²) in [5, 5.41) is 9.36. The third-order valence-corrected chi connectivity index (χ3v) is 3.30. The molecule has 0 radical (unpaired) electrons. The van der Waals surface area contributed by atoms with Crippen molar-refractivity contribution in [1.82, 2.24) is 0 Å². The Hall–Kier alpha value is -1.84. The van der Waals surface area contributed by atoms with Crippen LogP contribution in [0.4, 0.5) is 0 Å². The van der Waals surface area contributed by atoms with Gasteiger partial charge in [-0.3, -0.25) is 9.59 Å². The highest BCUT2D eigenvalue weighted by Crippen LogP contribution is 2.28. The molecule has 0 aromatic heterocycles. The van der Waals surface area contributed by atoms with Crippen molar-refractivity contribution < 1.29 is 16.1 Å². The normalized spacial score (nSPS) is 14.3. The van der Waals surface area contributed by atoms with Crippen molar-refractivity contribution in [2.75, 3.05) is 0 Å². The second-order valence-electron chi connectivity index (χ2n) is 5.21. The summed E-state index contributed by atoms with van der Waals surface area (Å²) in [6.07, 6.45) is 2.09. The first kappa shape index (κ1) is 13.6. The smallest absolute Gasteiger partial charge is 0.309 e. The van der Waals surface area contributed by atoms with Crippen LogP contribution >= 0.6 is 0 Å². The minimum atomic E-state index is -0.781. The Labute approximate surface area is 115 Å². The molecule has 1 rings (SSSR count). The van der Waals surface area contributed by atoms with Crippen LogP contribution in [0.15, 0.2) is 24.3 Å². The van der Waals surface area contributed by atoms with Crippen molar-refractivity contribution in [3.05, 3.63) is 35.4 Å². The van der Waals surface area contributed by atoms with E-state index in [0.717, 1.165) is 17.5 Å². The van der Waals surface area contributed by atoms with Crippen LogP contribution in [-0.4, -0.2) is 17.0 Å². The van der Waals surface area contributed by atoms with Gasteiger partial charge in [0.1, 0.15) is 0 Å². The Morgan fingerprint density at radius 3 is 2.37 bits per heavy atom. The third-order valence-electron chi connectivity index (χ3n) is 3.30. The van der Waals surface area contributed by atoms with Gasteiger partial charge in [-0.1, -0.05) is 37.6 Å². The van der Waals surface area contributed by atoms with Gasteiger partial charge in [-0.05, 0) is 30.9 Å². The van der Waals surface area contributed by atoms with Gasteiger partial charge in [0, 0.05) is 0 Å². The molecule has 1 atom stereocenters. The maximum atomic E-state index is 11.4. The second kappa shape index (κ2) is 6.36. The highest BCUT2D eigenvalue weighted by atomic mass is 16.4. The Balaban J connectivity index is 2.78. The molecule has 0 fully saturated rings. The molecule has 0 aliphatic carbocycles. The SMILES string of the molecule is [2H]NC(=O)Cc1ccc(CC(C)(CCC)C(=O)O)cc1. The van der Waals surface area contributed by atoms with E-state index in [0.29, 0.717) is 12.8 Å². The number of hydrogen-bond acceptors (Lipinski definition) is 2. The standard InChI is InChI=1S/C15H21NO3/c1-3-8-15(2,14(18)19)10-12-6-4-11(5-7-12)9-13(16)17/h4-7H,3,8-10H2,1-2H3,(H2,16,17)(H,18,19)/i/hD. The van der Waals surface area contributed by atoms with Gasteiger partial charge in [-0.15, -0.1) is 0 Å². The Kier molecular flexibility index (Phi) is 4.55. The van der Waals surface area contributed by atoms with Crippen LogP contribution in [0.3, 0.4) is 0 Å². The summed E-state index contributed by atoms with van der Waals surface area (Å²) in [5.74, 6) is -1.14. The number of hydrogen-bond donors (Lipinski definition) is 2. The first-order valence-corrected chi connectivity index (χ1v) is 6.43. The van der Waals surface area contributed by atoms with Gasteiger partial charge in [0.15, 0.2) is 1.41 Å². The van der Waals surface area contributed by atoms with Crippen LogP contribution in [0.5, 0.6) is 0 Å². The minimum Gasteiger partial charge on any atom is -0.481 e. The molecule has 3 N–H and O–H groups in total. The van der Waals surface area contributed by atoms with Crippen LogP contribution < -0.4 is 5.73 Å². The molecule has 0 heterocycles. The van der Waals surface area contributed by atoms with Gasteiger partial charge in [0.25, 0.3) is 0 Å². The quantitative estimate of drug-likeness (QED) is 0.791. The lowest BCUT2D eigenvalue weighted by molar-refractivity contribution is -0.148. The predicted octanol–water partition coefficient (Wildman–Crippen LogP) is 2.15. The van der Waals surface area contributed by atoms with E-state index >= 15 is 0 Å². The molecule has 0 saturated heterocycles. The lowest BCUT2D eigenvalue weighted by Gasteiger charge is -2.24. The van der Waals surface area contributed by atoms with E-state index in [2.05, 4.69) is 0 Å². The van der Waals surface area contributed by atoms with Crippen molar-refractivity contribution in [1.29, 1.82) is 0 Å². The molecule has 4 nitrogen and oxygen atoms in total. The number of amides is 1. The number of carbonyl (C=O) groups excluding carboxylic acids is 1. The molecule has 19 heavy (non-hydrogen) atoms. The number of carbonyl (C=O) groups is 2. The average molecular weight is 264 g/mol. The van der Waals surface area contributed by atoms with Crippen LogP contribution in [-0.2, 0) is 22.4 Å². The van der Waals surface area contributed by atoms with Crippen LogP contribution in [0.1, 0.15) is 37.8 Å². The van der Waals surface area contributed by atoms with E-state index in [1.807, 2.05) is 24.8 Å². The van der Waals surface area contributed by atoms with Crippen molar-refractivity contribution in [2.45, 2.75) is 39.5 Å². The minimum absolute atomic E-state index is 0.162. The van der Waals surface area contributed by atoms with Crippen molar-refractivity contribution in [2.24, 2.45) is 11.1 Å². The lowest BCUT2D eigenvalue weighted by Crippen LogP contribution is -2.29. The van der Waals surface area contributed by atoms with Gasteiger partial charge >= 0.3 is 5.97 Å². The molecule has 0 aliphatic rings. The first-order valence-electron chi connectivity index (χ1n) is 6.93. The van der Waals surface area contributed by atoms with Crippen molar-refractivity contribution >= 4 is 11.9 Å². The Morgan fingerprint density at radius 2 is 1.89 bits per heavy atom. The maximum Gasteiger partial charge on any atom is 0.309 e. The highest BCUT2D eigenvalue weighted by molar-refractivity contribution is 5.76. The molecular weight excluding hydrogens is 242 g/mol. The number of benzene rings is 1. The van der Waals surface area contributed by atoms with Crippen LogP contribution in [0.2, 0.25) is 1.41 Å². The number of carboxylic acid groups (broad SMARTS) is 1. The van der Waals surface area contributed by atoms with E-state index in [4.69, 9.17) is 1.41 Å². The third kappa shape index (κ3) is 4.39. The first-order chi connectivity index (χ1) is 9.41. The van der Waals surface area contributed by atoms with Gasteiger partial charge in [-0.25, -0.2) is 0 Å². The molecule has 1 unspecified atom stereocenters. The topological polar surface area (TPSA) is 80.4 Å². The van der Waals surface area contributed by atoms with E-state index in [-0.39, 0.29) is 12.3 Å². The number of aliphatic carboxylic acids is 1. The fourth-order valence-electron chi connectivity index (χ4n) is 2.23. The molecule has 0 saturated carbocycles. The van der Waals surface area contributed by atoms with Crippen molar-refractivity contribution in [3.63, 3.8) is 0 Å². The zero-order chi connectivity index (χ0) is 15.2. The van der Waals surface area contributed by atoms with E-state index in [1.165, 1.54) is 0 Å². The summed E-state index contributed by atoms with van der Waals surface area (Å²) in [4.78, 5) is 22.5. The molecule has 1 aromatic rings. The van der Waals surface area contributed by atoms with Gasteiger partial charge in [0.2, 0.25) is 5.91 Å². The maximum absolute atomic E-state index is 11.4. The summed E-state index contributed by atoms with van der Waals surface area (Å²) in [6, 6.07) is 7.31. The number of carboxylic acids is 1. The number of nitrogens with two attached hydrogens (primary N) is 1. The zero-order valence-electron chi connectivity index (χ0n) is 12.4. The molecule has 4 heteroatoms. The molecule has 1 amide bonds. The highest BCUT2D eigenvalue weighted by Gasteiger charge is 2.32. The van der Waals surface area contributed by atoms with Crippen LogP contribution in [0.25, 0.3) is 0 Å². The molecule has 104 valence electrons. The fraction of sp³-hybridized carbons (Fsp3) is 0.467. The van der Waals surface area contributed by atoms with E-state index < -0.39 is 11.4 Å². The second-order valence-corrected chi connectivity index (χ2v) is 5.21. The molecule has 0 spiro atoms. The molecular formula is C15H21NO3. The van der Waals surface area contributed by atoms with Crippen LogP contribution in [0, 0.1) is 5.41 Å². The summed E-state index contributed by atoms with van der Waals surface area (Å²) in [5.41, 5.74) is 2.83. The summed E-state index contributed by atoms with van der Waals surface area (Å²) in [6.45, 7) is 3.74.